The number of nitrogens with zero attached hydrogens (tertiary/aromatic N) is 2. The lowest BCUT2D eigenvalue weighted by Gasteiger charge is -2.05. The third-order valence-electron chi connectivity index (χ3n) is 1.89. The molecule has 2 aromatic rings. The van der Waals surface area contributed by atoms with Gasteiger partial charge in [0.15, 0.2) is 0 Å². The normalized spacial score (nSPS) is 10.1. The van der Waals surface area contributed by atoms with Crippen molar-refractivity contribution in [3.05, 3.63) is 51.8 Å². The van der Waals surface area contributed by atoms with Crippen LogP contribution in [0.15, 0.2) is 41.3 Å². The number of pyridine rings is 2. The van der Waals surface area contributed by atoms with Crippen LogP contribution < -0.4 is 4.74 Å². The van der Waals surface area contributed by atoms with Crippen molar-refractivity contribution >= 4 is 27.5 Å². The lowest BCUT2D eigenvalue weighted by molar-refractivity contribution is 0.293. The van der Waals surface area contributed by atoms with Crippen molar-refractivity contribution < 1.29 is 4.74 Å². The van der Waals surface area contributed by atoms with Crippen LogP contribution in [0, 0.1) is 0 Å². The molecule has 3 nitrogen and oxygen atoms in total. The fraction of sp³-hybridized carbons (Fsp3) is 0.0909. The highest BCUT2D eigenvalue weighted by atomic mass is 79.9. The molecule has 0 radical (unpaired) electrons. The van der Waals surface area contributed by atoms with Crippen molar-refractivity contribution in [1.29, 1.82) is 0 Å². The standard InChI is InChI=1S/C11H8BrClN2O/c12-11-9(13)3-4-10(15-11)16-7-8-2-1-5-14-6-8/h1-6H,7H2. The molecule has 0 aromatic carbocycles. The molecule has 0 amide bonds. The SMILES string of the molecule is Clc1ccc(OCc2cccnc2)nc1Br. The largest absolute Gasteiger partial charge is 0.473 e. The zero-order valence-electron chi connectivity index (χ0n) is 8.23. The van der Waals surface area contributed by atoms with E-state index in [1.807, 2.05) is 12.1 Å². The van der Waals surface area contributed by atoms with Crippen LogP contribution in [0.1, 0.15) is 5.56 Å². The van der Waals surface area contributed by atoms with E-state index in [4.69, 9.17) is 16.3 Å². The molecular weight excluding hydrogens is 291 g/mol. The molecule has 5 heteroatoms. The molecular formula is C11H8BrClN2O. The molecule has 0 aliphatic rings. The van der Waals surface area contributed by atoms with E-state index in [2.05, 4.69) is 25.9 Å². The average Bonchev–Trinajstić information content (AvgIpc) is 2.32. The van der Waals surface area contributed by atoms with Crippen LogP contribution in [0.2, 0.25) is 5.02 Å². The molecule has 0 fully saturated rings. The third kappa shape index (κ3) is 2.93. The van der Waals surface area contributed by atoms with Crippen molar-refractivity contribution in [1.82, 2.24) is 9.97 Å². The van der Waals surface area contributed by atoms with Crippen molar-refractivity contribution in [3.8, 4) is 5.88 Å². The average molecular weight is 300 g/mol. The number of halogens is 2. The summed E-state index contributed by atoms with van der Waals surface area (Å²) in [6.45, 7) is 0.439. The van der Waals surface area contributed by atoms with Gasteiger partial charge in [0.1, 0.15) is 11.2 Å². The van der Waals surface area contributed by atoms with Gasteiger partial charge in [-0.1, -0.05) is 17.7 Å². The first kappa shape index (κ1) is 11.4. The van der Waals surface area contributed by atoms with Gasteiger partial charge in [-0.15, -0.1) is 0 Å². The molecule has 16 heavy (non-hydrogen) atoms. The van der Waals surface area contributed by atoms with Crippen LogP contribution in [0.4, 0.5) is 0 Å². The van der Waals surface area contributed by atoms with Gasteiger partial charge in [0.25, 0.3) is 0 Å². The highest BCUT2D eigenvalue weighted by Gasteiger charge is 2.01. The molecule has 0 saturated heterocycles. The number of hydrogen-bond donors (Lipinski definition) is 0. The Labute approximate surface area is 107 Å². The van der Waals surface area contributed by atoms with E-state index in [9.17, 15) is 0 Å². The Morgan fingerprint density at radius 2 is 2.19 bits per heavy atom. The number of aromatic nitrogens is 2. The molecule has 0 spiro atoms. The highest BCUT2D eigenvalue weighted by Crippen LogP contribution is 2.23. The van der Waals surface area contributed by atoms with E-state index in [1.54, 1.807) is 24.5 Å². The van der Waals surface area contributed by atoms with Crippen molar-refractivity contribution in [3.63, 3.8) is 0 Å². The molecule has 0 saturated carbocycles. The van der Waals surface area contributed by atoms with E-state index < -0.39 is 0 Å². The van der Waals surface area contributed by atoms with Crippen molar-refractivity contribution in [2.75, 3.05) is 0 Å². The summed E-state index contributed by atoms with van der Waals surface area (Å²) in [6, 6.07) is 7.27. The van der Waals surface area contributed by atoms with Gasteiger partial charge in [-0.25, -0.2) is 4.98 Å². The first-order valence-electron chi connectivity index (χ1n) is 4.59. The second-order valence-electron chi connectivity index (χ2n) is 3.07. The molecule has 0 aliphatic carbocycles. The molecule has 0 bridgehead atoms. The molecule has 2 rings (SSSR count). The van der Waals surface area contributed by atoms with Crippen LogP contribution in [0.3, 0.4) is 0 Å². The maximum Gasteiger partial charge on any atom is 0.214 e. The van der Waals surface area contributed by atoms with E-state index in [1.165, 1.54) is 0 Å². The van der Waals surface area contributed by atoms with Gasteiger partial charge < -0.3 is 4.74 Å². The molecule has 0 unspecified atom stereocenters. The minimum absolute atomic E-state index is 0.439. The molecule has 0 aliphatic heterocycles. The summed E-state index contributed by atoms with van der Waals surface area (Å²) in [4.78, 5) is 8.13. The van der Waals surface area contributed by atoms with E-state index >= 15 is 0 Å². The van der Waals surface area contributed by atoms with Gasteiger partial charge in [-0.3, -0.25) is 4.98 Å². The number of rotatable bonds is 3. The van der Waals surface area contributed by atoms with Crippen molar-refractivity contribution in [2.45, 2.75) is 6.61 Å². The molecule has 0 atom stereocenters. The Morgan fingerprint density at radius 1 is 1.31 bits per heavy atom. The minimum Gasteiger partial charge on any atom is -0.473 e. The lowest BCUT2D eigenvalue weighted by atomic mass is 10.3. The summed E-state index contributed by atoms with van der Waals surface area (Å²) in [7, 11) is 0. The molecule has 2 aromatic heterocycles. The smallest absolute Gasteiger partial charge is 0.214 e. The summed E-state index contributed by atoms with van der Waals surface area (Å²) in [5, 5.41) is 0.564. The van der Waals surface area contributed by atoms with E-state index in [0.717, 1.165) is 5.56 Å². The van der Waals surface area contributed by atoms with E-state index in [0.29, 0.717) is 22.1 Å². The molecule has 0 N–H and O–H groups in total. The Balaban J connectivity index is 2.03. The van der Waals surface area contributed by atoms with Gasteiger partial charge in [-0.05, 0) is 28.1 Å². The van der Waals surface area contributed by atoms with Crippen LogP contribution in [-0.2, 0) is 6.61 Å². The van der Waals surface area contributed by atoms with E-state index in [-0.39, 0.29) is 0 Å². The second-order valence-corrected chi connectivity index (χ2v) is 4.23. The highest BCUT2D eigenvalue weighted by molar-refractivity contribution is 9.10. The van der Waals surface area contributed by atoms with Gasteiger partial charge >= 0.3 is 0 Å². The number of hydrogen-bond acceptors (Lipinski definition) is 3. The van der Waals surface area contributed by atoms with Gasteiger partial charge in [0, 0.05) is 24.0 Å². The van der Waals surface area contributed by atoms with Crippen LogP contribution >= 0.6 is 27.5 Å². The van der Waals surface area contributed by atoms with Gasteiger partial charge in [-0.2, -0.15) is 0 Å². The van der Waals surface area contributed by atoms with Gasteiger partial charge in [0.05, 0.1) is 5.02 Å². The fourth-order valence-electron chi connectivity index (χ4n) is 1.12. The zero-order chi connectivity index (χ0) is 11.4. The summed E-state index contributed by atoms with van der Waals surface area (Å²) in [5.41, 5.74) is 0.996. The third-order valence-corrected chi connectivity index (χ3v) is 3.02. The Hall–Kier alpha value is -1.13. The quantitative estimate of drug-likeness (QED) is 0.814. The Kier molecular flexibility index (Phi) is 3.74. The van der Waals surface area contributed by atoms with Crippen LogP contribution in [-0.4, -0.2) is 9.97 Å². The predicted molar refractivity (Wildman–Crippen MR) is 65.5 cm³/mol. The fourth-order valence-corrected chi connectivity index (χ4v) is 1.53. The maximum absolute atomic E-state index is 5.82. The monoisotopic (exact) mass is 298 g/mol. The maximum atomic E-state index is 5.82. The van der Waals surface area contributed by atoms with Gasteiger partial charge in [0.2, 0.25) is 5.88 Å². The first-order valence-corrected chi connectivity index (χ1v) is 5.76. The molecule has 2 heterocycles. The number of ether oxygens (including phenoxy) is 1. The molecule has 82 valence electrons. The minimum atomic E-state index is 0.439. The second kappa shape index (κ2) is 5.27. The van der Waals surface area contributed by atoms with Crippen LogP contribution in [0.5, 0.6) is 5.88 Å². The Morgan fingerprint density at radius 3 is 2.88 bits per heavy atom. The van der Waals surface area contributed by atoms with Crippen molar-refractivity contribution in [2.24, 2.45) is 0 Å². The lowest BCUT2D eigenvalue weighted by Crippen LogP contribution is -1.97. The van der Waals surface area contributed by atoms with Crippen LogP contribution in [0.25, 0.3) is 0 Å². The summed E-state index contributed by atoms with van der Waals surface area (Å²) in [5.74, 6) is 0.528. The summed E-state index contributed by atoms with van der Waals surface area (Å²) in [6.07, 6.45) is 3.48. The Bertz CT molecular complexity index is 479. The zero-order valence-corrected chi connectivity index (χ0v) is 10.6. The summed E-state index contributed by atoms with van der Waals surface area (Å²) < 4.78 is 6.07. The predicted octanol–water partition coefficient (Wildman–Crippen LogP) is 3.47. The topological polar surface area (TPSA) is 35.0 Å². The summed E-state index contributed by atoms with van der Waals surface area (Å²) >= 11 is 9.06. The first-order chi connectivity index (χ1) is 7.75.